The van der Waals surface area contributed by atoms with Crippen LogP contribution < -0.4 is 5.73 Å². The maximum absolute atomic E-state index is 14.1. The van der Waals surface area contributed by atoms with Crippen LogP contribution in [0.2, 0.25) is 5.02 Å². The second kappa shape index (κ2) is 9.63. The number of nitrogens with zero attached hydrogens (tertiary/aromatic N) is 3. The molecule has 0 radical (unpaired) electrons. The molecule has 0 bridgehead atoms. The smallest absolute Gasteiger partial charge is 0.269 e. The lowest BCUT2D eigenvalue weighted by Gasteiger charge is -2.18. The van der Waals surface area contributed by atoms with E-state index in [1.54, 1.807) is 92.8 Å². The van der Waals surface area contributed by atoms with Gasteiger partial charge in [0.2, 0.25) is 0 Å². The maximum Gasteiger partial charge on any atom is 0.269 e. The van der Waals surface area contributed by atoms with Crippen LogP contribution in [0, 0.1) is 6.92 Å². The number of hydrogen-bond acceptors (Lipinski definition) is 6. The van der Waals surface area contributed by atoms with Crippen LogP contribution in [0.15, 0.2) is 90.0 Å². The molecule has 0 saturated carbocycles. The molecule has 2 aromatic heterocycles. The van der Waals surface area contributed by atoms with Crippen LogP contribution >= 0.6 is 11.6 Å². The average molecular weight is 547 g/mol. The van der Waals surface area contributed by atoms with Crippen LogP contribution in [0.25, 0.3) is 22.3 Å². The molecule has 0 aliphatic heterocycles. The van der Waals surface area contributed by atoms with Gasteiger partial charge in [-0.15, -0.1) is 0 Å². The van der Waals surface area contributed by atoms with Crippen molar-refractivity contribution in [2.75, 3.05) is 0 Å². The molecule has 1 atom stereocenters. The fraction of sp³-hybridized carbons (Fsp3) is 0.172. The Morgan fingerprint density at radius 2 is 1.71 bits per heavy atom. The van der Waals surface area contributed by atoms with Gasteiger partial charge in [-0.05, 0) is 68.3 Å². The summed E-state index contributed by atoms with van der Waals surface area (Å²) in [6, 6.07) is 21.5. The number of pyridine rings is 1. The Hall–Kier alpha value is -3.56. The number of nitrogens with two attached hydrogens (primary N) is 1. The predicted molar refractivity (Wildman–Crippen MR) is 149 cm³/mol. The monoisotopic (exact) mass is 546 g/mol. The van der Waals surface area contributed by atoms with Crippen LogP contribution in [-0.4, -0.2) is 27.5 Å². The van der Waals surface area contributed by atoms with E-state index in [2.05, 4.69) is 4.98 Å². The van der Waals surface area contributed by atoms with Gasteiger partial charge in [0.15, 0.2) is 0 Å². The highest BCUT2D eigenvalue weighted by Crippen LogP contribution is 2.35. The summed E-state index contributed by atoms with van der Waals surface area (Å²) < 4.78 is 29.4. The van der Waals surface area contributed by atoms with E-state index < -0.39 is 21.7 Å². The van der Waals surface area contributed by atoms with E-state index in [0.29, 0.717) is 38.4 Å². The van der Waals surface area contributed by atoms with Crippen molar-refractivity contribution in [3.05, 3.63) is 113 Å². The molecular weight excluding hydrogens is 520 g/mol. The molecule has 3 aromatic carbocycles. The second-order valence-electron chi connectivity index (χ2n) is 9.71. The number of hydrogen-bond donors (Lipinski definition) is 2. The van der Waals surface area contributed by atoms with Crippen molar-refractivity contribution in [1.29, 1.82) is 0 Å². The Balaban J connectivity index is 1.81. The van der Waals surface area contributed by atoms with Gasteiger partial charge in [-0.3, -0.25) is 4.98 Å². The van der Waals surface area contributed by atoms with Gasteiger partial charge in [0.1, 0.15) is 5.82 Å². The number of aryl methyl sites for hydroxylation is 1. The van der Waals surface area contributed by atoms with E-state index in [1.807, 2.05) is 13.0 Å². The molecule has 0 unspecified atom stereocenters. The van der Waals surface area contributed by atoms with Gasteiger partial charge in [-0.25, -0.2) is 17.4 Å². The van der Waals surface area contributed by atoms with Crippen molar-refractivity contribution < 1.29 is 13.5 Å². The quantitative estimate of drug-likeness (QED) is 0.288. The van der Waals surface area contributed by atoms with Gasteiger partial charge in [0.05, 0.1) is 33.3 Å². The molecule has 0 aliphatic carbocycles. The topological polar surface area (TPSA) is 111 Å². The molecule has 7 nitrogen and oxygen atoms in total. The normalized spacial score (nSPS) is 13.1. The lowest BCUT2D eigenvalue weighted by atomic mass is 9.97. The lowest BCUT2D eigenvalue weighted by Crippen LogP contribution is -2.23. The number of aromatic nitrogens is 3. The summed E-state index contributed by atoms with van der Waals surface area (Å²) in [5.41, 5.74) is 9.67. The summed E-state index contributed by atoms with van der Waals surface area (Å²) in [5.74, 6) is 0.125. The third-order valence-electron chi connectivity index (χ3n) is 6.49. The summed E-state index contributed by atoms with van der Waals surface area (Å²) in [5, 5.41) is 11.0. The number of halogens is 1. The first-order chi connectivity index (χ1) is 18.0. The van der Waals surface area contributed by atoms with Crippen molar-refractivity contribution in [2.45, 2.75) is 37.3 Å². The zero-order valence-electron chi connectivity index (χ0n) is 21.1. The zero-order valence-corrected chi connectivity index (χ0v) is 22.7. The summed E-state index contributed by atoms with van der Waals surface area (Å²) >= 11 is 6.46. The Morgan fingerprint density at radius 3 is 2.39 bits per heavy atom. The van der Waals surface area contributed by atoms with Crippen molar-refractivity contribution in [1.82, 2.24) is 13.9 Å². The van der Waals surface area contributed by atoms with E-state index in [0.717, 1.165) is 5.56 Å². The first-order valence-electron chi connectivity index (χ1n) is 12.0. The van der Waals surface area contributed by atoms with Crippen molar-refractivity contribution >= 4 is 32.7 Å². The molecule has 0 saturated heterocycles. The average Bonchev–Trinajstić information content (AvgIpc) is 3.29. The molecule has 0 spiro atoms. The Kier molecular flexibility index (Phi) is 6.61. The molecule has 0 amide bonds. The highest BCUT2D eigenvalue weighted by molar-refractivity contribution is 7.90. The highest BCUT2D eigenvalue weighted by atomic mass is 35.5. The first kappa shape index (κ1) is 26.1. The number of fused-ring (bicyclic) bond motifs is 1. The number of para-hydroxylation sites is 1. The standard InChI is InChI=1S/C29H27ClN4O3S/c1-18-11-13-20(14-12-18)38(36,37)34-25-10-6-8-22(24-17-19(15-16-32-24)29(2,3)35)27(25)33-28(34)26(31)21-7-4-5-9-23(21)30/h4-17,26,35H,31H2,1-3H3/t26-/m0/s1. The molecule has 5 aromatic rings. The third kappa shape index (κ3) is 4.61. The van der Waals surface area contributed by atoms with E-state index in [1.165, 1.54) is 3.97 Å². The summed E-state index contributed by atoms with van der Waals surface area (Å²) in [6.07, 6.45) is 1.61. The summed E-state index contributed by atoms with van der Waals surface area (Å²) in [6.45, 7) is 5.27. The van der Waals surface area contributed by atoms with E-state index in [4.69, 9.17) is 22.3 Å². The molecule has 5 rings (SSSR count). The lowest BCUT2D eigenvalue weighted by molar-refractivity contribution is 0.0785. The zero-order chi connectivity index (χ0) is 27.2. The van der Waals surface area contributed by atoms with Gasteiger partial charge < -0.3 is 10.8 Å². The first-order valence-corrected chi connectivity index (χ1v) is 13.8. The fourth-order valence-corrected chi connectivity index (χ4v) is 6.14. The minimum Gasteiger partial charge on any atom is -0.386 e. The van der Waals surface area contributed by atoms with Crippen LogP contribution in [0.4, 0.5) is 0 Å². The number of rotatable bonds is 6. The highest BCUT2D eigenvalue weighted by Gasteiger charge is 2.30. The molecule has 38 heavy (non-hydrogen) atoms. The molecule has 2 heterocycles. The molecule has 0 aliphatic rings. The van der Waals surface area contributed by atoms with E-state index in [9.17, 15) is 13.5 Å². The van der Waals surface area contributed by atoms with Gasteiger partial charge >= 0.3 is 0 Å². The van der Waals surface area contributed by atoms with Crippen LogP contribution in [0.5, 0.6) is 0 Å². The fourth-order valence-electron chi connectivity index (χ4n) is 4.39. The van der Waals surface area contributed by atoms with Gasteiger partial charge in [-0.1, -0.05) is 59.6 Å². The molecule has 194 valence electrons. The van der Waals surface area contributed by atoms with Gasteiger partial charge in [0.25, 0.3) is 10.0 Å². The predicted octanol–water partition coefficient (Wildman–Crippen LogP) is 5.57. The minimum absolute atomic E-state index is 0.113. The Bertz CT molecular complexity index is 1760. The Labute approximate surface area is 226 Å². The third-order valence-corrected chi connectivity index (χ3v) is 8.56. The number of imidazole rings is 1. The maximum atomic E-state index is 14.1. The van der Waals surface area contributed by atoms with Crippen LogP contribution in [-0.2, 0) is 15.6 Å². The molecule has 0 fully saturated rings. The SMILES string of the molecule is Cc1ccc(S(=O)(=O)n2c([C@@H](N)c3ccccc3Cl)nc3c(-c4cc(C(C)(C)O)ccn4)cccc32)cc1. The summed E-state index contributed by atoms with van der Waals surface area (Å²) in [4.78, 5) is 9.42. The van der Waals surface area contributed by atoms with Crippen LogP contribution in [0.3, 0.4) is 0 Å². The molecule has 3 N–H and O–H groups in total. The Morgan fingerprint density at radius 1 is 1.00 bits per heavy atom. The number of benzene rings is 3. The van der Waals surface area contributed by atoms with Gasteiger partial charge in [-0.2, -0.15) is 0 Å². The number of aliphatic hydroxyl groups is 1. The van der Waals surface area contributed by atoms with Crippen molar-refractivity contribution in [3.8, 4) is 11.3 Å². The van der Waals surface area contributed by atoms with Crippen molar-refractivity contribution in [3.63, 3.8) is 0 Å². The molecule has 9 heteroatoms. The van der Waals surface area contributed by atoms with Crippen LogP contribution in [0.1, 0.15) is 42.4 Å². The second-order valence-corrected chi connectivity index (χ2v) is 11.9. The van der Waals surface area contributed by atoms with E-state index >= 15 is 0 Å². The van der Waals surface area contributed by atoms with Gasteiger partial charge in [0, 0.05) is 16.8 Å². The minimum atomic E-state index is -4.10. The summed E-state index contributed by atoms with van der Waals surface area (Å²) in [7, 11) is -4.10. The van der Waals surface area contributed by atoms with Crippen molar-refractivity contribution in [2.24, 2.45) is 5.73 Å². The largest absolute Gasteiger partial charge is 0.386 e. The van der Waals surface area contributed by atoms with E-state index in [-0.39, 0.29) is 10.7 Å². The molecular formula is C29H27ClN4O3S.